The van der Waals surface area contributed by atoms with E-state index in [1.165, 1.54) is 14.0 Å². The molecule has 2 saturated heterocycles. The Morgan fingerprint density at radius 2 is 1.77 bits per heavy atom. The van der Waals surface area contributed by atoms with Crippen LogP contribution in [0.1, 0.15) is 19.8 Å². The van der Waals surface area contributed by atoms with Crippen molar-refractivity contribution in [3.63, 3.8) is 0 Å². The number of amides is 2. The first kappa shape index (κ1) is 36.1. The van der Waals surface area contributed by atoms with E-state index in [-0.39, 0.29) is 32.7 Å². The number of carbonyl (C=O) groups excluding carboxylic acids is 1. The third kappa shape index (κ3) is 8.29. The Morgan fingerprint density at radius 3 is 2.40 bits per heavy atom. The quantitative estimate of drug-likeness (QED) is 0.0545. The van der Waals surface area contributed by atoms with Crippen molar-refractivity contribution in [2.45, 2.75) is 98.6 Å². The van der Waals surface area contributed by atoms with Crippen molar-refractivity contribution in [2.75, 3.05) is 46.4 Å². The van der Waals surface area contributed by atoms with Gasteiger partial charge in [-0.3, -0.25) is 5.21 Å². The molecule has 14 atom stereocenters. The summed E-state index contributed by atoms with van der Waals surface area (Å²) in [5.41, 5.74) is 16.0. The van der Waals surface area contributed by atoms with E-state index in [1.807, 2.05) is 0 Å². The van der Waals surface area contributed by atoms with E-state index in [1.54, 1.807) is 0 Å². The van der Waals surface area contributed by atoms with Crippen molar-refractivity contribution in [1.29, 1.82) is 0 Å². The second kappa shape index (κ2) is 15.8. The second-order valence-electron chi connectivity index (χ2n) is 11.8. The van der Waals surface area contributed by atoms with Crippen molar-refractivity contribution in [1.82, 2.24) is 21.0 Å². The Morgan fingerprint density at radius 1 is 1.07 bits per heavy atom. The molecule has 3 aliphatic rings. The molecule has 0 aromatic rings. The van der Waals surface area contributed by atoms with Crippen LogP contribution in [0.3, 0.4) is 0 Å². The van der Waals surface area contributed by atoms with Crippen molar-refractivity contribution in [3.05, 3.63) is 0 Å². The van der Waals surface area contributed by atoms with Gasteiger partial charge in [0.15, 0.2) is 6.29 Å². The molecule has 1 aliphatic carbocycles. The number of nitrogens with two attached hydrogens (primary N) is 3. The van der Waals surface area contributed by atoms with Gasteiger partial charge in [-0.15, -0.1) is 0 Å². The number of aliphatic hydroxyl groups is 6. The standard InChI is InChI=1S/C25H51N7O11/c1-25(39)10-41-23(19(37)22(25)29-2)43-20-12(31-24(38)32(40)7-5-27)8-11(28)14(16(20)34)21-18(36)17(35)15(33)13(42-21)9-30-6-3-4-26/h11-23,29-30,33-37,39-40H,3-10,26-28H2,1-2H3,(H,31,38)/t11-,12+,13+,14?,15+,16-,17-,18+,19+,20-,21+,22+,23+,25-/m0/s1. The summed E-state index contributed by atoms with van der Waals surface area (Å²) < 4.78 is 17.7. The molecule has 0 radical (unpaired) electrons. The summed E-state index contributed by atoms with van der Waals surface area (Å²) in [6, 6.07) is -3.82. The fourth-order valence-corrected chi connectivity index (χ4v) is 6.16. The summed E-state index contributed by atoms with van der Waals surface area (Å²) in [7, 11) is 1.54. The number of nitrogens with zero attached hydrogens (tertiary/aromatic N) is 1. The maximum atomic E-state index is 12.7. The number of nitrogens with one attached hydrogen (secondary N) is 3. The molecule has 0 bridgehead atoms. The van der Waals surface area contributed by atoms with Gasteiger partial charge >= 0.3 is 6.03 Å². The minimum absolute atomic E-state index is 0.0283. The molecule has 2 aliphatic heterocycles. The summed E-state index contributed by atoms with van der Waals surface area (Å²) in [5, 5.41) is 84.3. The lowest BCUT2D eigenvalue weighted by Crippen LogP contribution is -2.71. The van der Waals surface area contributed by atoms with Crippen LogP contribution in [0.2, 0.25) is 0 Å². The lowest BCUT2D eigenvalue weighted by Gasteiger charge is -2.52. The normalized spacial score (nSPS) is 43.8. The Kier molecular flexibility index (Phi) is 13.3. The number of aliphatic hydroxyl groups excluding tert-OH is 5. The Labute approximate surface area is 250 Å². The molecule has 0 aromatic heterocycles. The van der Waals surface area contributed by atoms with Crippen LogP contribution in [0.15, 0.2) is 0 Å². The van der Waals surface area contributed by atoms with Gasteiger partial charge in [-0.25, -0.2) is 9.86 Å². The van der Waals surface area contributed by atoms with E-state index in [4.69, 9.17) is 31.4 Å². The third-order valence-corrected chi connectivity index (χ3v) is 8.50. The number of hydroxylamine groups is 2. The first-order valence-electron chi connectivity index (χ1n) is 14.6. The van der Waals surface area contributed by atoms with Gasteiger partial charge in [-0.2, -0.15) is 0 Å². The first-order chi connectivity index (χ1) is 20.3. The molecule has 3 rings (SSSR count). The highest BCUT2D eigenvalue weighted by Crippen LogP contribution is 2.37. The van der Waals surface area contributed by atoms with Gasteiger partial charge in [-0.05, 0) is 39.9 Å². The zero-order valence-corrected chi connectivity index (χ0v) is 24.6. The minimum atomic E-state index is -1.65. The third-order valence-electron chi connectivity index (χ3n) is 8.50. The minimum Gasteiger partial charge on any atom is -0.390 e. The predicted molar refractivity (Wildman–Crippen MR) is 149 cm³/mol. The molecular weight excluding hydrogens is 574 g/mol. The van der Waals surface area contributed by atoms with Gasteiger partial charge in [0.25, 0.3) is 0 Å². The van der Waals surface area contributed by atoms with Crippen molar-refractivity contribution in [2.24, 2.45) is 23.1 Å². The average Bonchev–Trinajstić information content (AvgIpc) is 2.95. The number of urea groups is 1. The molecule has 1 unspecified atom stereocenters. The second-order valence-corrected chi connectivity index (χ2v) is 11.8. The van der Waals surface area contributed by atoms with Crippen molar-refractivity contribution in [3.8, 4) is 0 Å². The SMILES string of the molecule is CN[C@@H]1[C@@H](O)[C@@H](O[C@H]2[C@H](NC(=O)N(O)CCN)C[C@H](N)C([C@H]3O[C@H](CNCCCN)[C@@H](O)[C@H](O)[C@H]3O)[C@@H]2O)OC[C@]1(C)O. The van der Waals surface area contributed by atoms with E-state index in [9.17, 15) is 40.6 Å². The van der Waals surface area contributed by atoms with Gasteiger partial charge in [0.05, 0.1) is 43.5 Å². The molecule has 16 N–H and O–H groups in total. The molecule has 18 nitrogen and oxygen atoms in total. The molecule has 43 heavy (non-hydrogen) atoms. The maximum absolute atomic E-state index is 12.7. The fourth-order valence-electron chi connectivity index (χ4n) is 6.16. The first-order valence-corrected chi connectivity index (χ1v) is 14.6. The monoisotopic (exact) mass is 625 g/mol. The highest BCUT2D eigenvalue weighted by atomic mass is 16.7. The van der Waals surface area contributed by atoms with Crippen LogP contribution in [0, 0.1) is 5.92 Å². The van der Waals surface area contributed by atoms with E-state index in [0.717, 1.165) is 0 Å². The number of carbonyl (C=O) groups is 1. The van der Waals surface area contributed by atoms with Crippen molar-refractivity contribution >= 4 is 6.03 Å². The lowest BCUT2D eigenvalue weighted by molar-refractivity contribution is -0.303. The van der Waals surface area contributed by atoms with Crippen LogP contribution >= 0.6 is 0 Å². The summed E-state index contributed by atoms with van der Waals surface area (Å²) in [5.74, 6) is -1.10. The van der Waals surface area contributed by atoms with Gasteiger partial charge in [0.1, 0.15) is 36.1 Å². The number of likely N-dealkylation sites (N-methyl/N-ethyl adjacent to an activating group) is 1. The smallest absolute Gasteiger partial charge is 0.341 e. The molecule has 2 amide bonds. The Balaban J connectivity index is 1.88. The van der Waals surface area contributed by atoms with Crippen LogP contribution in [-0.4, -0.2) is 172 Å². The van der Waals surface area contributed by atoms with Gasteiger partial charge in [0.2, 0.25) is 0 Å². The van der Waals surface area contributed by atoms with E-state index in [2.05, 4.69) is 16.0 Å². The summed E-state index contributed by atoms with van der Waals surface area (Å²) in [6.45, 7) is 2.09. The van der Waals surface area contributed by atoms with Gasteiger partial charge in [0, 0.05) is 25.0 Å². The van der Waals surface area contributed by atoms with Crippen LogP contribution in [0.5, 0.6) is 0 Å². The zero-order chi connectivity index (χ0) is 32.1. The van der Waals surface area contributed by atoms with Crippen LogP contribution in [0.25, 0.3) is 0 Å². The van der Waals surface area contributed by atoms with E-state index in [0.29, 0.717) is 24.6 Å². The zero-order valence-electron chi connectivity index (χ0n) is 24.6. The number of hydrogen-bond donors (Lipinski definition) is 13. The predicted octanol–water partition coefficient (Wildman–Crippen LogP) is -6.35. The Bertz CT molecular complexity index is 879. The number of ether oxygens (including phenoxy) is 3. The number of hydrogen-bond acceptors (Lipinski definition) is 16. The largest absolute Gasteiger partial charge is 0.390 e. The molecule has 3 fully saturated rings. The fraction of sp³-hybridized carbons (Fsp3) is 0.960. The Hall–Kier alpha value is -1.33. The van der Waals surface area contributed by atoms with E-state index < -0.39 is 90.8 Å². The molecule has 2 heterocycles. The molecule has 1 saturated carbocycles. The summed E-state index contributed by atoms with van der Waals surface area (Å²) in [4.78, 5) is 12.7. The van der Waals surface area contributed by atoms with Crippen LogP contribution in [0.4, 0.5) is 4.79 Å². The molecular formula is C25H51N7O11. The van der Waals surface area contributed by atoms with Crippen LogP contribution < -0.4 is 33.2 Å². The summed E-state index contributed by atoms with van der Waals surface area (Å²) in [6.07, 6.45) is -12.1. The summed E-state index contributed by atoms with van der Waals surface area (Å²) >= 11 is 0. The number of rotatable bonds is 12. The highest BCUT2D eigenvalue weighted by molar-refractivity contribution is 5.73. The highest BCUT2D eigenvalue weighted by Gasteiger charge is 2.56. The molecule has 0 aromatic carbocycles. The lowest BCUT2D eigenvalue weighted by atomic mass is 9.72. The van der Waals surface area contributed by atoms with Gasteiger partial charge in [-0.1, -0.05) is 0 Å². The molecule has 0 spiro atoms. The van der Waals surface area contributed by atoms with Crippen LogP contribution in [-0.2, 0) is 14.2 Å². The molecule has 252 valence electrons. The topological polar surface area (TPSA) is 304 Å². The van der Waals surface area contributed by atoms with Crippen molar-refractivity contribution < 1.29 is 54.9 Å². The van der Waals surface area contributed by atoms with Gasteiger partial charge < -0.3 is 78.0 Å². The van der Waals surface area contributed by atoms with E-state index >= 15 is 0 Å². The maximum Gasteiger partial charge on any atom is 0.341 e. The average molecular weight is 626 g/mol. The molecule has 18 heteroatoms.